The van der Waals surface area contributed by atoms with Gasteiger partial charge in [0.1, 0.15) is 0 Å². The monoisotopic (exact) mass is 320 g/mol. The van der Waals surface area contributed by atoms with E-state index in [0.29, 0.717) is 24.5 Å². The highest BCUT2D eigenvalue weighted by atomic mass is 32.2. The summed E-state index contributed by atoms with van der Waals surface area (Å²) in [6, 6.07) is 1.54. The molecule has 1 aromatic heterocycles. The number of hydrogen-bond acceptors (Lipinski definition) is 5. The second-order valence-corrected chi connectivity index (χ2v) is 7.32. The first kappa shape index (κ1) is 17.6. The molecule has 5 nitrogen and oxygen atoms in total. The summed E-state index contributed by atoms with van der Waals surface area (Å²) in [5.74, 6) is 0. The third kappa shape index (κ3) is 5.49. The van der Waals surface area contributed by atoms with Crippen molar-refractivity contribution in [2.24, 2.45) is 0 Å². The summed E-state index contributed by atoms with van der Waals surface area (Å²) in [4.78, 5) is 1.36. The lowest BCUT2D eigenvalue weighted by atomic mass is 10.3. The van der Waals surface area contributed by atoms with E-state index in [1.807, 2.05) is 6.92 Å². The highest BCUT2D eigenvalue weighted by molar-refractivity contribution is 7.89. The number of rotatable bonds is 10. The van der Waals surface area contributed by atoms with Gasteiger partial charge in [-0.1, -0.05) is 13.8 Å². The lowest BCUT2D eigenvalue weighted by Gasteiger charge is -2.15. The minimum absolute atomic E-state index is 0.188. The molecule has 1 rings (SSSR count). The molecule has 0 saturated carbocycles. The van der Waals surface area contributed by atoms with E-state index in [2.05, 4.69) is 17.0 Å². The molecule has 0 aliphatic carbocycles. The van der Waals surface area contributed by atoms with Crippen molar-refractivity contribution in [1.29, 1.82) is 0 Å². The quantitative estimate of drug-likeness (QED) is 0.647. The average Bonchev–Trinajstić information content (AvgIpc) is 2.88. The lowest BCUT2D eigenvalue weighted by Crippen LogP contribution is -2.37. The Morgan fingerprint density at radius 1 is 1.40 bits per heavy atom. The van der Waals surface area contributed by atoms with Crippen LogP contribution in [0.25, 0.3) is 0 Å². The van der Waals surface area contributed by atoms with Crippen molar-refractivity contribution < 1.29 is 13.2 Å². The highest BCUT2D eigenvalue weighted by Crippen LogP contribution is 2.19. The first-order valence-electron chi connectivity index (χ1n) is 6.82. The van der Waals surface area contributed by atoms with Crippen molar-refractivity contribution >= 4 is 21.4 Å². The molecule has 0 aromatic carbocycles. The molecule has 20 heavy (non-hydrogen) atoms. The standard InChI is InChI=1S/C13H24N2O3S2/c1-4-6-14-8-12-7-13(10-19-12)20(16,17)15-11(5-2)9-18-3/h7,10-11,14-15H,4-6,8-9H2,1-3H3. The van der Waals surface area contributed by atoms with Gasteiger partial charge in [-0.3, -0.25) is 0 Å². The molecule has 1 heterocycles. The largest absolute Gasteiger partial charge is 0.383 e. The molecular weight excluding hydrogens is 296 g/mol. The van der Waals surface area contributed by atoms with Gasteiger partial charge in [-0.15, -0.1) is 11.3 Å². The molecule has 1 atom stereocenters. The number of thiophene rings is 1. The van der Waals surface area contributed by atoms with Crippen molar-refractivity contribution in [3.05, 3.63) is 16.3 Å². The Labute approximate surface area is 125 Å². The van der Waals surface area contributed by atoms with Crippen molar-refractivity contribution in [3.8, 4) is 0 Å². The van der Waals surface area contributed by atoms with Crippen molar-refractivity contribution in [1.82, 2.24) is 10.0 Å². The van der Waals surface area contributed by atoms with E-state index >= 15 is 0 Å². The van der Waals surface area contributed by atoms with Crippen LogP contribution in [-0.4, -0.2) is 34.7 Å². The van der Waals surface area contributed by atoms with Crippen LogP contribution in [-0.2, 0) is 21.3 Å². The summed E-state index contributed by atoms with van der Waals surface area (Å²) in [6.45, 7) is 6.06. The van der Waals surface area contributed by atoms with Crippen LogP contribution >= 0.6 is 11.3 Å². The Morgan fingerprint density at radius 2 is 2.15 bits per heavy atom. The van der Waals surface area contributed by atoms with E-state index in [9.17, 15) is 8.42 Å². The fourth-order valence-corrected chi connectivity index (χ4v) is 4.25. The predicted molar refractivity (Wildman–Crippen MR) is 82.6 cm³/mol. The van der Waals surface area contributed by atoms with E-state index in [4.69, 9.17) is 4.74 Å². The highest BCUT2D eigenvalue weighted by Gasteiger charge is 2.20. The van der Waals surface area contributed by atoms with Crippen molar-refractivity contribution in [3.63, 3.8) is 0 Å². The van der Waals surface area contributed by atoms with E-state index < -0.39 is 10.0 Å². The molecule has 0 amide bonds. The van der Waals surface area contributed by atoms with Gasteiger partial charge >= 0.3 is 0 Å². The SMILES string of the molecule is CCCNCc1cc(S(=O)(=O)NC(CC)COC)cs1. The Bertz CT molecular complexity index is 486. The maximum absolute atomic E-state index is 12.2. The first-order chi connectivity index (χ1) is 9.53. The molecule has 0 radical (unpaired) electrons. The molecule has 7 heteroatoms. The molecule has 0 saturated heterocycles. The molecule has 0 spiro atoms. The Morgan fingerprint density at radius 3 is 2.75 bits per heavy atom. The number of ether oxygens (including phenoxy) is 1. The molecular formula is C13H24N2O3S2. The van der Waals surface area contributed by atoms with E-state index in [1.165, 1.54) is 11.3 Å². The fourth-order valence-electron chi connectivity index (χ4n) is 1.71. The zero-order chi connectivity index (χ0) is 15.0. The van der Waals surface area contributed by atoms with Gasteiger partial charge in [-0.2, -0.15) is 0 Å². The van der Waals surface area contributed by atoms with Crippen LogP contribution in [0.5, 0.6) is 0 Å². The summed E-state index contributed by atoms with van der Waals surface area (Å²) in [6.07, 6.45) is 1.76. The normalized spacial score (nSPS) is 13.6. The van der Waals surface area contributed by atoms with Crippen LogP contribution in [0.15, 0.2) is 16.3 Å². The summed E-state index contributed by atoms with van der Waals surface area (Å²) in [5.41, 5.74) is 0. The van der Waals surface area contributed by atoms with Crippen LogP contribution < -0.4 is 10.0 Å². The van der Waals surface area contributed by atoms with Crippen LogP contribution in [0, 0.1) is 0 Å². The molecule has 2 N–H and O–H groups in total. The number of sulfonamides is 1. The Hall–Kier alpha value is -0.470. The van der Waals surface area contributed by atoms with Gasteiger partial charge in [0, 0.05) is 30.0 Å². The lowest BCUT2D eigenvalue weighted by molar-refractivity contribution is 0.173. The van der Waals surface area contributed by atoms with Crippen LogP contribution in [0.1, 0.15) is 31.6 Å². The van der Waals surface area contributed by atoms with Gasteiger partial charge < -0.3 is 10.1 Å². The molecule has 0 aliphatic rings. The minimum Gasteiger partial charge on any atom is -0.383 e. The first-order valence-corrected chi connectivity index (χ1v) is 9.19. The van der Waals surface area contributed by atoms with Gasteiger partial charge in [0.05, 0.1) is 11.5 Å². The Kier molecular flexibility index (Phi) is 7.68. The minimum atomic E-state index is -3.45. The molecule has 1 aromatic rings. The van der Waals surface area contributed by atoms with Crippen molar-refractivity contribution in [2.75, 3.05) is 20.3 Å². The van der Waals surface area contributed by atoms with Gasteiger partial charge in [-0.05, 0) is 25.5 Å². The summed E-state index contributed by atoms with van der Waals surface area (Å²) in [5, 5.41) is 4.95. The molecule has 1 unspecified atom stereocenters. The number of hydrogen-bond donors (Lipinski definition) is 2. The maximum Gasteiger partial charge on any atom is 0.241 e. The summed E-state index contributed by atoms with van der Waals surface area (Å²) >= 11 is 1.46. The fraction of sp³-hybridized carbons (Fsp3) is 0.692. The third-order valence-electron chi connectivity index (χ3n) is 2.85. The van der Waals surface area contributed by atoms with Crippen LogP contribution in [0.3, 0.4) is 0 Å². The zero-order valence-electron chi connectivity index (χ0n) is 12.3. The van der Waals surface area contributed by atoms with Gasteiger partial charge in [0.25, 0.3) is 0 Å². The second-order valence-electron chi connectivity index (χ2n) is 4.61. The zero-order valence-corrected chi connectivity index (χ0v) is 13.9. The molecule has 0 bridgehead atoms. The molecule has 0 fully saturated rings. The topological polar surface area (TPSA) is 67.4 Å². The van der Waals surface area contributed by atoms with Gasteiger partial charge in [0.2, 0.25) is 10.0 Å². The van der Waals surface area contributed by atoms with E-state index in [0.717, 1.165) is 17.8 Å². The molecule has 116 valence electrons. The van der Waals surface area contributed by atoms with E-state index in [1.54, 1.807) is 18.6 Å². The second kappa shape index (κ2) is 8.74. The third-order valence-corrected chi connectivity index (χ3v) is 5.43. The van der Waals surface area contributed by atoms with Crippen LogP contribution in [0.4, 0.5) is 0 Å². The summed E-state index contributed by atoms with van der Waals surface area (Å²) < 4.78 is 32.2. The predicted octanol–water partition coefficient (Wildman–Crippen LogP) is 1.95. The van der Waals surface area contributed by atoms with Gasteiger partial charge in [0.15, 0.2) is 0 Å². The number of nitrogens with one attached hydrogen (secondary N) is 2. The van der Waals surface area contributed by atoms with Gasteiger partial charge in [-0.25, -0.2) is 13.1 Å². The molecule has 0 aliphatic heterocycles. The Balaban J connectivity index is 2.67. The summed E-state index contributed by atoms with van der Waals surface area (Å²) in [7, 11) is -1.88. The average molecular weight is 320 g/mol. The smallest absolute Gasteiger partial charge is 0.241 e. The van der Waals surface area contributed by atoms with Crippen LogP contribution in [0.2, 0.25) is 0 Å². The van der Waals surface area contributed by atoms with Crippen molar-refractivity contribution in [2.45, 2.75) is 44.2 Å². The number of methoxy groups -OCH3 is 1. The maximum atomic E-state index is 12.2. The van der Waals surface area contributed by atoms with E-state index in [-0.39, 0.29) is 6.04 Å².